The smallest absolute Gasteiger partial charge is 0.240 e. The second kappa shape index (κ2) is 7.41. The van der Waals surface area contributed by atoms with E-state index >= 15 is 0 Å². The zero-order valence-corrected chi connectivity index (χ0v) is 14.0. The molecule has 1 rings (SSSR count). The maximum atomic E-state index is 12.4. The third-order valence-electron chi connectivity index (χ3n) is 3.53. The van der Waals surface area contributed by atoms with Gasteiger partial charge in [-0.2, -0.15) is 0 Å². The van der Waals surface area contributed by atoms with Gasteiger partial charge in [-0.3, -0.25) is 0 Å². The first kappa shape index (κ1) is 17.4. The quantitative estimate of drug-likeness (QED) is 0.812. The van der Waals surface area contributed by atoms with E-state index in [1.54, 1.807) is 19.2 Å². The van der Waals surface area contributed by atoms with Gasteiger partial charge in [0.05, 0.1) is 4.90 Å². The number of sulfonamides is 1. The maximum absolute atomic E-state index is 12.4. The zero-order valence-electron chi connectivity index (χ0n) is 12.4. The predicted molar refractivity (Wildman–Crippen MR) is 83.5 cm³/mol. The van der Waals surface area contributed by atoms with Crippen LogP contribution in [0, 0.1) is 5.92 Å². The Morgan fingerprint density at radius 2 is 1.95 bits per heavy atom. The van der Waals surface area contributed by atoms with Gasteiger partial charge >= 0.3 is 0 Å². The van der Waals surface area contributed by atoms with Crippen LogP contribution < -0.4 is 10.0 Å². The van der Waals surface area contributed by atoms with Gasteiger partial charge in [0.2, 0.25) is 10.0 Å². The Labute approximate surface area is 127 Å². The number of benzene rings is 1. The van der Waals surface area contributed by atoms with E-state index in [1.807, 2.05) is 20.8 Å². The van der Waals surface area contributed by atoms with Gasteiger partial charge in [0.15, 0.2) is 0 Å². The van der Waals surface area contributed by atoms with E-state index < -0.39 is 10.0 Å². The first-order chi connectivity index (χ1) is 9.31. The SMILES string of the molecule is CCC(C)C(C)NS(=O)(=O)c1ccc(Cl)c(CNC)c1. The van der Waals surface area contributed by atoms with Crippen molar-refractivity contribution in [2.45, 2.75) is 44.7 Å². The Morgan fingerprint density at radius 1 is 1.30 bits per heavy atom. The molecule has 0 bridgehead atoms. The van der Waals surface area contributed by atoms with Crippen LogP contribution in [0.25, 0.3) is 0 Å². The maximum Gasteiger partial charge on any atom is 0.240 e. The Hall–Kier alpha value is -0.620. The largest absolute Gasteiger partial charge is 0.316 e. The summed E-state index contributed by atoms with van der Waals surface area (Å²) in [5.41, 5.74) is 0.772. The monoisotopic (exact) mass is 318 g/mol. The summed E-state index contributed by atoms with van der Waals surface area (Å²) in [6.45, 7) is 6.49. The van der Waals surface area contributed by atoms with Crippen LogP contribution in [0.1, 0.15) is 32.8 Å². The second-order valence-electron chi connectivity index (χ2n) is 5.08. The lowest BCUT2D eigenvalue weighted by atomic mass is 10.0. The van der Waals surface area contributed by atoms with Crippen molar-refractivity contribution in [3.8, 4) is 0 Å². The highest BCUT2D eigenvalue weighted by atomic mass is 35.5. The third-order valence-corrected chi connectivity index (χ3v) is 5.46. The van der Waals surface area contributed by atoms with E-state index in [0.717, 1.165) is 12.0 Å². The van der Waals surface area contributed by atoms with Crippen molar-refractivity contribution in [1.82, 2.24) is 10.0 Å². The van der Waals surface area contributed by atoms with E-state index in [0.29, 0.717) is 11.6 Å². The van der Waals surface area contributed by atoms with Gasteiger partial charge in [-0.1, -0.05) is 31.9 Å². The van der Waals surface area contributed by atoms with Crippen molar-refractivity contribution < 1.29 is 8.42 Å². The van der Waals surface area contributed by atoms with Crippen LogP contribution >= 0.6 is 11.6 Å². The molecule has 0 aliphatic rings. The summed E-state index contributed by atoms with van der Waals surface area (Å²) in [7, 11) is -1.72. The van der Waals surface area contributed by atoms with Crippen LogP contribution in [0.3, 0.4) is 0 Å². The molecule has 4 nitrogen and oxygen atoms in total. The normalized spacial score (nSPS) is 15.1. The molecule has 0 radical (unpaired) electrons. The standard InChI is InChI=1S/C14H23ClN2O2S/c1-5-10(2)11(3)17-20(18,19)13-6-7-14(15)12(8-13)9-16-4/h6-8,10-11,16-17H,5,9H2,1-4H3. The summed E-state index contributed by atoms with van der Waals surface area (Å²) in [6, 6.07) is 4.67. The van der Waals surface area contributed by atoms with Crippen LogP contribution in [0.4, 0.5) is 0 Å². The molecule has 0 fully saturated rings. The molecule has 20 heavy (non-hydrogen) atoms. The second-order valence-corrected chi connectivity index (χ2v) is 7.20. The molecule has 0 aliphatic carbocycles. The van der Waals surface area contributed by atoms with Gasteiger partial charge in [0.1, 0.15) is 0 Å². The van der Waals surface area contributed by atoms with Gasteiger partial charge in [-0.05, 0) is 43.7 Å². The number of nitrogens with one attached hydrogen (secondary N) is 2. The average Bonchev–Trinajstić information content (AvgIpc) is 2.39. The summed E-state index contributed by atoms with van der Waals surface area (Å²) in [5.74, 6) is 0.286. The number of hydrogen-bond acceptors (Lipinski definition) is 3. The minimum absolute atomic E-state index is 0.103. The van der Waals surface area contributed by atoms with Crippen molar-refractivity contribution >= 4 is 21.6 Å². The summed E-state index contributed by atoms with van der Waals surface area (Å²) < 4.78 is 27.4. The van der Waals surface area contributed by atoms with E-state index in [1.165, 1.54) is 6.07 Å². The predicted octanol–water partition coefficient (Wildman–Crippen LogP) is 2.77. The fourth-order valence-corrected chi connectivity index (χ4v) is 3.41. The Bertz CT molecular complexity index is 546. The molecule has 1 aromatic rings. The Balaban J connectivity index is 3.01. The fraction of sp³-hybridized carbons (Fsp3) is 0.571. The molecule has 6 heteroatoms. The lowest BCUT2D eigenvalue weighted by Crippen LogP contribution is -2.36. The highest BCUT2D eigenvalue weighted by Gasteiger charge is 2.21. The van der Waals surface area contributed by atoms with E-state index in [9.17, 15) is 8.42 Å². The van der Waals surface area contributed by atoms with Crippen molar-refractivity contribution in [3.63, 3.8) is 0 Å². The first-order valence-corrected chi connectivity index (χ1v) is 8.63. The fourth-order valence-electron chi connectivity index (χ4n) is 1.83. The lowest BCUT2D eigenvalue weighted by molar-refractivity contribution is 0.434. The van der Waals surface area contributed by atoms with E-state index in [2.05, 4.69) is 10.0 Å². The number of halogens is 1. The van der Waals surface area contributed by atoms with Gasteiger partial charge in [-0.25, -0.2) is 13.1 Å². The molecule has 0 aromatic heterocycles. The van der Waals surface area contributed by atoms with Crippen LogP contribution in [0.15, 0.2) is 23.1 Å². The number of hydrogen-bond donors (Lipinski definition) is 2. The average molecular weight is 319 g/mol. The molecule has 2 atom stereocenters. The summed E-state index contributed by atoms with van der Waals surface area (Å²) >= 11 is 6.05. The van der Waals surface area contributed by atoms with Gasteiger partial charge < -0.3 is 5.32 Å². The highest BCUT2D eigenvalue weighted by molar-refractivity contribution is 7.89. The highest BCUT2D eigenvalue weighted by Crippen LogP contribution is 2.21. The van der Waals surface area contributed by atoms with Crippen molar-refractivity contribution in [2.75, 3.05) is 7.05 Å². The van der Waals surface area contributed by atoms with Crippen molar-refractivity contribution in [1.29, 1.82) is 0 Å². The molecule has 0 spiro atoms. The topological polar surface area (TPSA) is 58.2 Å². The molecule has 0 aliphatic heterocycles. The Morgan fingerprint density at radius 3 is 2.50 bits per heavy atom. The summed E-state index contributed by atoms with van der Waals surface area (Å²) in [5, 5.41) is 3.54. The molecule has 0 amide bonds. The van der Waals surface area contributed by atoms with E-state index in [-0.39, 0.29) is 16.9 Å². The van der Waals surface area contributed by atoms with E-state index in [4.69, 9.17) is 11.6 Å². The molecule has 114 valence electrons. The minimum atomic E-state index is -3.51. The van der Waals surface area contributed by atoms with Crippen LogP contribution in [-0.2, 0) is 16.6 Å². The van der Waals surface area contributed by atoms with Crippen LogP contribution in [0.2, 0.25) is 5.02 Å². The van der Waals surface area contributed by atoms with Crippen LogP contribution in [-0.4, -0.2) is 21.5 Å². The first-order valence-electron chi connectivity index (χ1n) is 6.77. The van der Waals surface area contributed by atoms with Gasteiger partial charge in [-0.15, -0.1) is 0 Å². The Kier molecular flexibility index (Phi) is 6.45. The summed E-state index contributed by atoms with van der Waals surface area (Å²) in [6.07, 6.45) is 0.926. The molecule has 2 N–H and O–H groups in total. The molecule has 1 aromatic carbocycles. The molecule has 2 unspecified atom stereocenters. The summed E-state index contributed by atoms with van der Waals surface area (Å²) in [4.78, 5) is 0.252. The zero-order chi connectivity index (χ0) is 15.3. The van der Waals surface area contributed by atoms with Crippen LogP contribution in [0.5, 0.6) is 0 Å². The van der Waals surface area contributed by atoms with Crippen molar-refractivity contribution in [2.24, 2.45) is 5.92 Å². The molecular formula is C14H23ClN2O2S. The molecular weight excluding hydrogens is 296 g/mol. The van der Waals surface area contributed by atoms with Crippen molar-refractivity contribution in [3.05, 3.63) is 28.8 Å². The molecule has 0 saturated heterocycles. The molecule has 0 heterocycles. The third kappa shape index (κ3) is 4.45. The minimum Gasteiger partial charge on any atom is -0.316 e. The molecule has 0 saturated carbocycles. The lowest BCUT2D eigenvalue weighted by Gasteiger charge is -2.20. The van der Waals surface area contributed by atoms with Gasteiger partial charge in [0, 0.05) is 17.6 Å². The number of rotatable bonds is 7. The van der Waals surface area contributed by atoms with Gasteiger partial charge in [0.25, 0.3) is 0 Å².